The minimum Gasteiger partial charge on any atom is -0.378 e. The minimum atomic E-state index is -3.26. The summed E-state index contributed by atoms with van der Waals surface area (Å²) in [6, 6.07) is 10.0. The summed E-state index contributed by atoms with van der Waals surface area (Å²) in [6.07, 6.45) is 12.0. The van der Waals surface area contributed by atoms with Crippen LogP contribution in [0.4, 0.5) is 5.82 Å². The summed E-state index contributed by atoms with van der Waals surface area (Å²) in [4.78, 5) is 10.8. The number of nitrogens with one attached hydrogen (secondary N) is 1. The zero-order valence-corrected chi connectivity index (χ0v) is 18.9. The number of hydrogen-bond donors (Lipinski definition) is 1. The van der Waals surface area contributed by atoms with Crippen LogP contribution >= 0.6 is 0 Å². The fraction of sp³-hybridized carbons (Fsp3) is 0.565. The number of sulfonamides is 1. The molecule has 1 aliphatic heterocycles. The van der Waals surface area contributed by atoms with E-state index in [2.05, 4.69) is 31.7 Å². The van der Waals surface area contributed by atoms with Gasteiger partial charge in [-0.15, -0.1) is 0 Å². The van der Waals surface area contributed by atoms with Crippen LogP contribution in [-0.2, 0) is 14.8 Å². The summed E-state index contributed by atoms with van der Waals surface area (Å²) in [6.45, 7) is 2.06. The lowest BCUT2D eigenvalue weighted by atomic mass is 9.83. The highest BCUT2D eigenvalue weighted by atomic mass is 32.2. The van der Waals surface area contributed by atoms with E-state index >= 15 is 0 Å². The molecule has 0 bridgehead atoms. The predicted molar refractivity (Wildman–Crippen MR) is 122 cm³/mol. The van der Waals surface area contributed by atoms with E-state index < -0.39 is 10.0 Å². The lowest BCUT2D eigenvalue weighted by Gasteiger charge is -2.40. The topological polar surface area (TPSA) is 84.4 Å². The van der Waals surface area contributed by atoms with E-state index in [4.69, 9.17) is 4.74 Å². The molecule has 1 saturated carbocycles. The third-order valence-electron chi connectivity index (χ3n) is 6.47. The molecule has 2 aromatic rings. The number of anilines is 1. The van der Waals surface area contributed by atoms with E-state index in [9.17, 15) is 8.42 Å². The third-order valence-corrected chi connectivity index (χ3v) is 7.20. The Balaban J connectivity index is 1.34. The molecule has 2 aliphatic rings. The molecule has 168 valence electrons. The Morgan fingerprint density at radius 3 is 2.52 bits per heavy atom. The lowest BCUT2D eigenvalue weighted by molar-refractivity contribution is -0.00213. The van der Waals surface area contributed by atoms with Gasteiger partial charge in [0.25, 0.3) is 0 Å². The monoisotopic (exact) mass is 444 g/mol. The van der Waals surface area contributed by atoms with E-state index in [-0.39, 0.29) is 18.1 Å². The van der Waals surface area contributed by atoms with Crippen molar-refractivity contribution >= 4 is 15.8 Å². The Morgan fingerprint density at radius 2 is 1.84 bits per heavy atom. The van der Waals surface area contributed by atoms with Crippen molar-refractivity contribution < 1.29 is 13.2 Å². The first-order valence-corrected chi connectivity index (χ1v) is 13.0. The fourth-order valence-corrected chi connectivity index (χ4v) is 5.70. The third kappa shape index (κ3) is 6.24. The summed E-state index contributed by atoms with van der Waals surface area (Å²) in [5.74, 6) is 1.60. The molecular weight excluding hydrogens is 412 g/mol. The molecule has 7 nitrogen and oxygen atoms in total. The van der Waals surface area contributed by atoms with Crippen LogP contribution in [0.1, 0.15) is 43.6 Å². The van der Waals surface area contributed by atoms with Crippen molar-refractivity contribution in [2.75, 3.05) is 30.9 Å². The normalized spacial score (nSPS) is 27.2. The second-order valence-electron chi connectivity index (χ2n) is 8.77. The second-order valence-corrected chi connectivity index (χ2v) is 10.5. The first-order chi connectivity index (χ1) is 15.0. The van der Waals surface area contributed by atoms with Crippen LogP contribution in [0.15, 0.2) is 48.9 Å². The summed E-state index contributed by atoms with van der Waals surface area (Å²) < 4.78 is 33.0. The van der Waals surface area contributed by atoms with Crippen molar-refractivity contribution in [1.82, 2.24) is 14.7 Å². The molecule has 0 aromatic carbocycles. The van der Waals surface area contributed by atoms with E-state index in [1.807, 2.05) is 30.6 Å². The van der Waals surface area contributed by atoms with Gasteiger partial charge < -0.3 is 9.64 Å². The molecule has 0 amide bonds. The maximum Gasteiger partial charge on any atom is 0.208 e. The second kappa shape index (κ2) is 10.1. The highest BCUT2D eigenvalue weighted by Gasteiger charge is 2.33. The van der Waals surface area contributed by atoms with Gasteiger partial charge >= 0.3 is 0 Å². The van der Waals surface area contributed by atoms with E-state index in [1.165, 1.54) is 11.8 Å². The molecule has 31 heavy (non-hydrogen) atoms. The number of hydrogen-bond acceptors (Lipinski definition) is 6. The first-order valence-electron chi connectivity index (χ1n) is 11.1. The van der Waals surface area contributed by atoms with Gasteiger partial charge in [0.15, 0.2) is 0 Å². The molecule has 3 heterocycles. The minimum absolute atomic E-state index is 0.0865. The summed E-state index contributed by atoms with van der Waals surface area (Å²) >= 11 is 0. The molecule has 0 radical (unpaired) electrons. The van der Waals surface area contributed by atoms with Crippen molar-refractivity contribution in [2.24, 2.45) is 5.92 Å². The maximum absolute atomic E-state index is 11.9. The van der Waals surface area contributed by atoms with Crippen molar-refractivity contribution in [3.05, 3.63) is 54.5 Å². The molecule has 2 aromatic heterocycles. The highest BCUT2D eigenvalue weighted by molar-refractivity contribution is 7.88. The van der Waals surface area contributed by atoms with Gasteiger partial charge in [-0.05, 0) is 67.9 Å². The molecule has 1 N–H and O–H groups in total. The van der Waals surface area contributed by atoms with Gasteiger partial charge in [-0.2, -0.15) is 0 Å². The molecule has 1 unspecified atom stereocenters. The smallest absolute Gasteiger partial charge is 0.208 e. The Labute approximate surface area is 185 Å². The van der Waals surface area contributed by atoms with Crippen molar-refractivity contribution in [3.63, 3.8) is 0 Å². The van der Waals surface area contributed by atoms with Crippen LogP contribution in [0, 0.1) is 5.92 Å². The zero-order chi connectivity index (χ0) is 21.7. The van der Waals surface area contributed by atoms with Gasteiger partial charge in [-0.3, -0.25) is 4.98 Å². The summed E-state index contributed by atoms with van der Waals surface area (Å²) in [5.41, 5.74) is 1.36. The van der Waals surface area contributed by atoms with Crippen LogP contribution in [0.3, 0.4) is 0 Å². The number of ether oxygens (including phenoxy) is 1. The molecule has 1 saturated heterocycles. The van der Waals surface area contributed by atoms with Crippen LogP contribution in [0.25, 0.3) is 0 Å². The maximum atomic E-state index is 11.9. The Bertz CT molecular complexity index is 918. The lowest BCUT2D eigenvalue weighted by Crippen LogP contribution is -2.52. The van der Waals surface area contributed by atoms with Gasteiger partial charge in [-0.25, -0.2) is 18.1 Å². The van der Waals surface area contributed by atoms with E-state index in [0.29, 0.717) is 12.5 Å². The van der Waals surface area contributed by atoms with E-state index in [1.54, 1.807) is 6.20 Å². The van der Waals surface area contributed by atoms with E-state index in [0.717, 1.165) is 51.0 Å². The SMILES string of the molecule is CS(=O)(=O)N[C@H]1CCN(c2ccccn2)CC1COC1CCC(c2ccncc2)CC1. The Morgan fingerprint density at radius 1 is 1.06 bits per heavy atom. The predicted octanol–water partition coefficient (Wildman–Crippen LogP) is 2.96. The Hall–Kier alpha value is -2.03. The number of nitrogens with zero attached hydrogens (tertiary/aromatic N) is 3. The van der Waals surface area contributed by atoms with Crippen LogP contribution in [0.2, 0.25) is 0 Å². The van der Waals surface area contributed by atoms with Crippen LogP contribution in [0.5, 0.6) is 0 Å². The Kier molecular flexibility index (Phi) is 7.20. The highest BCUT2D eigenvalue weighted by Crippen LogP contribution is 2.34. The van der Waals surface area contributed by atoms with Gasteiger partial charge in [-0.1, -0.05) is 6.07 Å². The molecule has 0 spiro atoms. The van der Waals surface area contributed by atoms with Gasteiger partial charge in [0.2, 0.25) is 10.0 Å². The average molecular weight is 445 g/mol. The number of piperidine rings is 1. The van der Waals surface area contributed by atoms with Crippen molar-refractivity contribution in [3.8, 4) is 0 Å². The molecule has 1 aliphatic carbocycles. The quantitative estimate of drug-likeness (QED) is 0.707. The molecule has 2 atom stereocenters. The van der Waals surface area contributed by atoms with Gasteiger partial charge in [0.05, 0.1) is 19.0 Å². The zero-order valence-electron chi connectivity index (χ0n) is 18.1. The molecule has 4 rings (SSSR count). The number of aromatic nitrogens is 2. The molecular formula is C23H32N4O3S. The molecule has 2 fully saturated rings. The fourth-order valence-electron chi connectivity index (χ4n) is 4.84. The summed E-state index contributed by atoms with van der Waals surface area (Å²) in [7, 11) is -3.26. The van der Waals surface area contributed by atoms with Crippen LogP contribution < -0.4 is 9.62 Å². The standard InChI is InChI=1S/C23H32N4O3S/c1-31(28,29)26-22-11-15-27(23-4-2-3-12-25-23)16-20(22)17-30-21-7-5-18(6-8-21)19-9-13-24-14-10-19/h2-4,9-10,12-14,18,20-22,26H,5-8,11,15-17H2,1H3/t18?,20?,21?,22-/m0/s1. The van der Waals surface area contributed by atoms with Crippen LogP contribution in [-0.4, -0.2) is 56.5 Å². The van der Waals surface area contributed by atoms with Gasteiger partial charge in [0, 0.05) is 43.6 Å². The largest absolute Gasteiger partial charge is 0.378 e. The summed E-state index contributed by atoms with van der Waals surface area (Å²) in [5, 5.41) is 0. The molecule has 8 heteroatoms. The van der Waals surface area contributed by atoms with Crippen molar-refractivity contribution in [1.29, 1.82) is 0 Å². The average Bonchev–Trinajstić information content (AvgIpc) is 2.79. The van der Waals surface area contributed by atoms with Crippen molar-refractivity contribution in [2.45, 2.75) is 50.2 Å². The first kappa shape index (κ1) is 22.2. The number of pyridine rings is 2. The van der Waals surface area contributed by atoms with Gasteiger partial charge in [0.1, 0.15) is 5.82 Å². The number of rotatable bonds is 7.